The lowest BCUT2D eigenvalue weighted by atomic mass is 10.1. The van der Waals surface area contributed by atoms with Gasteiger partial charge < -0.3 is 19.0 Å². The number of hydrogen-bond acceptors (Lipinski definition) is 7. The van der Waals surface area contributed by atoms with Gasteiger partial charge in [0.1, 0.15) is 23.1 Å². The van der Waals surface area contributed by atoms with Crippen LogP contribution in [0.4, 0.5) is 0 Å². The van der Waals surface area contributed by atoms with E-state index in [0.29, 0.717) is 43.2 Å². The topological polar surface area (TPSA) is 103 Å². The molecule has 1 aliphatic rings. The highest BCUT2D eigenvalue weighted by molar-refractivity contribution is 6.03. The molecule has 0 fully saturated rings. The highest BCUT2D eigenvalue weighted by Gasteiger charge is 2.36. The zero-order chi connectivity index (χ0) is 20.9. The number of furan rings is 2. The van der Waals surface area contributed by atoms with E-state index < -0.39 is 0 Å². The summed E-state index contributed by atoms with van der Waals surface area (Å²) < 4.78 is 11.5. The molecule has 1 amide bonds. The van der Waals surface area contributed by atoms with Crippen LogP contribution in [-0.4, -0.2) is 64.6 Å². The number of hydrazone groups is 1. The second-order valence-electron chi connectivity index (χ2n) is 7.25. The molecule has 30 heavy (non-hydrogen) atoms. The second-order valence-corrected chi connectivity index (χ2v) is 7.25. The first kappa shape index (κ1) is 20.3. The number of para-hydroxylation sites is 1. The van der Waals surface area contributed by atoms with E-state index in [0.717, 1.165) is 11.0 Å². The molecular formula is C22H25N3O5. The van der Waals surface area contributed by atoms with E-state index in [1.807, 2.05) is 41.3 Å². The Balaban J connectivity index is 1.59. The average Bonchev–Trinajstić information content (AvgIpc) is 3.50. The van der Waals surface area contributed by atoms with Gasteiger partial charge in [0.25, 0.3) is 5.91 Å². The lowest BCUT2D eigenvalue weighted by Crippen LogP contribution is -2.40. The third-order valence-electron chi connectivity index (χ3n) is 5.15. The van der Waals surface area contributed by atoms with Gasteiger partial charge in [-0.25, -0.2) is 5.01 Å². The molecule has 0 spiro atoms. The number of aliphatic hydroxyl groups excluding tert-OH is 2. The molecule has 0 bridgehead atoms. The largest absolute Gasteiger partial charge is 0.467 e. The Morgan fingerprint density at radius 2 is 2.03 bits per heavy atom. The lowest BCUT2D eigenvalue weighted by Gasteiger charge is -2.25. The van der Waals surface area contributed by atoms with Crippen molar-refractivity contribution in [2.45, 2.75) is 18.9 Å². The molecule has 2 N–H and O–H groups in total. The minimum absolute atomic E-state index is 0.0310. The maximum atomic E-state index is 13.1. The zero-order valence-electron chi connectivity index (χ0n) is 16.6. The first-order chi connectivity index (χ1) is 14.7. The van der Waals surface area contributed by atoms with Crippen LogP contribution in [0.5, 0.6) is 0 Å². The number of benzene rings is 1. The van der Waals surface area contributed by atoms with E-state index in [1.165, 1.54) is 5.01 Å². The van der Waals surface area contributed by atoms with Crippen LogP contribution < -0.4 is 0 Å². The van der Waals surface area contributed by atoms with Crippen molar-refractivity contribution in [2.75, 3.05) is 32.8 Å². The van der Waals surface area contributed by atoms with E-state index in [9.17, 15) is 9.90 Å². The van der Waals surface area contributed by atoms with Crippen molar-refractivity contribution in [2.24, 2.45) is 5.10 Å². The first-order valence-electron chi connectivity index (χ1n) is 10.1. The van der Waals surface area contributed by atoms with E-state index in [1.54, 1.807) is 12.3 Å². The number of carbonyl (C=O) groups excluding carboxylic acids is 1. The minimum Gasteiger partial charge on any atom is -0.467 e. The van der Waals surface area contributed by atoms with E-state index in [-0.39, 0.29) is 31.7 Å². The molecule has 1 atom stereocenters. The van der Waals surface area contributed by atoms with E-state index in [2.05, 4.69) is 5.10 Å². The van der Waals surface area contributed by atoms with Crippen molar-refractivity contribution >= 4 is 22.6 Å². The Kier molecular flexibility index (Phi) is 6.27. The number of carbonyl (C=O) groups is 1. The average molecular weight is 411 g/mol. The van der Waals surface area contributed by atoms with Gasteiger partial charge in [0.2, 0.25) is 0 Å². The van der Waals surface area contributed by atoms with Crippen LogP contribution in [0, 0.1) is 0 Å². The lowest BCUT2D eigenvalue weighted by molar-refractivity contribution is -0.134. The summed E-state index contributed by atoms with van der Waals surface area (Å²) in [6, 6.07) is 12.9. The third-order valence-corrected chi connectivity index (χ3v) is 5.15. The molecule has 4 rings (SSSR count). The highest BCUT2D eigenvalue weighted by atomic mass is 16.3. The van der Waals surface area contributed by atoms with Crippen molar-refractivity contribution < 1.29 is 23.8 Å². The standard InChI is InChI=1S/C22H25N3O5/c26-10-4-8-24(9-11-27)15-22(28)25-18(20-7-3-12-29-20)14-17(23-25)21-13-16-5-1-2-6-19(16)30-21/h1-3,5-7,12-13,18,26-27H,4,8-11,14-15H2. The fourth-order valence-electron chi connectivity index (χ4n) is 3.69. The normalized spacial score (nSPS) is 16.6. The van der Waals surface area contributed by atoms with Crippen LogP contribution in [0.3, 0.4) is 0 Å². The zero-order valence-corrected chi connectivity index (χ0v) is 16.6. The van der Waals surface area contributed by atoms with Crippen LogP contribution in [0.1, 0.15) is 30.4 Å². The molecular weight excluding hydrogens is 386 g/mol. The molecule has 1 unspecified atom stereocenters. The summed E-state index contributed by atoms with van der Waals surface area (Å²) in [6.45, 7) is 0.930. The highest BCUT2D eigenvalue weighted by Crippen LogP contribution is 2.34. The van der Waals surface area contributed by atoms with Gasteiger partial charge in [-0.2, -0.15) is 5.10 Å². The van der Waals surface area contributed by atoms with Gasteiger partial charge in [-0.15, -0.1) is 0 Å². The molecule has 0 radical (unpaired) electrons. The maximum absolute atomic E-state index is 13.1. The Morgan fingerprint density at radius 1 is 1.17 bits per heavy atom. The molecule has 8 heteroatoms. The Labute approximate surface area is 174 Å². The molecule has 158 valence electrons. The van der Waals surface area contributed by atoms with Crippen LogP contribution in [-0.2, 0) is 4.79 Å². The van der Waals surface area contributed by atoms with Crippen molar-refractivity contribution in [3.8, 4) is 0 Å². The number of rotatable bonds is 9. The van der Waals surface area contributed by atoms with E-state index >= 15 is 0 Å². The van der Waals surface area contributed by atoms with Crippen LogP contribution >= 0.6 is 0 Å². The summed E-state index contributed by atoms with van der Waals surface area (Å²) in [7, 11) is 0. The van der Waals surface area contributed by atoms with Crippen molar-refractivity contribution in [3.05, 3.63) is 60.2 Å². The van der Waals surface area contributed by atoms with Gasteiger partial charge in [-0.3, -0.25) is 9.69 Å². The molecule has 3 aromatic rings. The summed E-state index contributed by atoms with van der Waals surface area (Å²) in [6.07, 6.45) is 2.59. The van der Waals surface area contributed by atoms with Crippen LogP contribution in [0.25, 0.3) is 11.0 Å². The predicted octanol–water partition coefficient (Wildman–Crippen LogP) is 2.38. The van der Waals surface area contributed by atoms with Crippen molar-refractivity contribution in [1.29, 1.82) is 0 Å². The summed E-state index contributed by atoms with van der Waals surface area (Å²) in [5.74, 6) is 1.09. The van der Waals surface area contributed by atoms with Crippen LogP contribution in [0.2, 0.25) is 0 Å². The number of hydrogen-bond donors (Lipinski definition) is 2. The maximum Gasteiger partial charge on any atom is 0.257 e. The summed E-state index contributed by atoms with van der Waals surface area (Å²) in [4.78, 5) is 14.9. The SMILES string of the molecule is O=C(CN(CCO)CCCO)N1N=C(c2cc3ccccc3o2)CC1c1ccco1. The van der Waals surface area contributed by atoms with E-state index in [4.69, 9.17) is 13.9 Å². The molecule has 8 nitrogen and oxygen atoms in total. The smallest absolute Gasteiger partial charge is 0.257 e. The molecule has 0 saturated heterocycles. The summed E-state index contributed by atoms with van der Waals surface area (Å²) >= 11 is 0. The van der Waals surface area contributed by atoms with Gasteiger partial charge in [0.15, 0.2) is 5.76 Å². The van der Waals surface area contributed by atoms with Crippen molar-refractivity contribution in [1.82, 2.24) is 9.91 Å². The monoisotopic (exact) mass is 411 g/mol. The molecule has 1 aromatic carbocycles. The van der Waals surface area contributed by atoms with Crippen molar-refractivity contribution in [3.63, 3.8) is 0 Å². The number of fused-ring (bicyclic) bond motifs is 1. The summed E-state index contributed by atoms with van der Waals surface area (Å²) in [5, 5.41) is 25.4. The van der Waals surface area contributed by atoms with Gasteiger partial charge in [0, 0.05) is 31.5 Å². The summed E-state index contributed by atoms with van der Waals surface area (Å²) in [5.41, 5.74) is 1.46. The second kappa shape index (κ2) is 9.25. The molecule has 3 heterocycles. The van der Waals surface area contributed by atoms with Gasteiger partial charge in [-0.05, 0) is 30.7 Å². The Hall–Kier alpha value is -2.94. The number of nitrogens with zero attached hydrogens (tertiary/aromatic N) is 3. The predicted molar refractivity (Wildman–Crippen MR) is 111 cm³/mol. The Morgan fingerprint density at radius 3 is 2.77 bits per heavy atom. The van der Waals surface area contributed by atoms with Gasteiger partial charge in [0.05, 0.1) is 19.4 Å². The molecule has 0 saturated carbocycles. The number of amides is 1. The fraction of sp³-hybridized carbons (Fsp3) is 0.364. The molecule has 1 aliphatic heterocycles. The van der Waals surface area contributed by atoms with Gasteiger partial charge in [-0.1, -0.05) is 18.2 Å². The fourth-order valence-corrected chi connectivity index (χ4v) is 3.69. The quantitative estimate of drug-likeness (QED) is 0.560. The minimum atomic E-state index is -0.357. The molecule has 0 aliphatic carbocycles. The van der Waals surface area contributed by atoms with Crippen LogP contribution in [0.15, 0.2) is 62.7 Å². The van der Waals surface area contributed by atoms with Gasteiger partial charge >= 0.3 is 0 Å². The Bertz CT molecular complexity index is 978. The number of aliphatic hydroxyl groups is 2. The third kappa shape index (κ3) is 4.30. The molecule has 2 aromatic heterocycles. The first-order valence-corrected chi connectivity index (χ1v) is 10.1.